The number of hydrogen-bond acceptors (Lipinski definition) is 2. The first-order chi connectivity index (χ1) is 8.99. The van der Waals surface area contributed by atoms with E-state index in [1.54, 1.807) is 6.07 Å². The van der Waals surface area contributed by atoms with E-state index in [2.05, 4.69) is 4.90 Å². The van der Waals surface area contributed by atoms with Crippen molar-refractivity contribution in [1.82, 2.24) is 4.90 Å². The molecule has 1 aromatic carbocycles. The van der Waals surface area contributed by atoms with Crippen LogP contribution in [0.5, 0.6) is 0 Å². The van der Waals surface area contributed by atoms with Crippen LogP contribution in [0.25, 0.3) is 0 Å². The van der Waals surface area contributed by atoms with Gasteiger partial charge in [0.1, 0.15) is 0 Å². The average Bonchev–Trinajstić information content (AvgIpc) is 2.41. The first kappa shape index (κ1) is 14.4. The first-order valence-electron chi connectivity index (χ1n) is 6.93. The molecule has 1 aliphatic heterocycles. The lowest BCUT2D eigenvalue weighted by atomic mass is 9.90. The maximum atomic E-state index is 13.3. The van der Waals surface area contributed by atoms with Crippen molar-refractivity contribution in [3.05, 3.63) is 35.4 Å². The zero-order valence-electron chi connectivity index (χ0n) is 11.6. The molecular weight excluding hydrogens is 246 g/mol. The van der Waals surface area contributed by atoms with Crippen molar-refractivity contribution in [2.75, 3.05) is 13.1 Å². The van der Waals surface area contributed by atoms with Crippen molar-refractivity contribution in [2.45, 2.75) is 38.8 Å². The summed E-state index contributed by atoms with van der Waals surface area (Å²) in [6.45, 7) is 5.99. The Hall–Kier alpha value is -1.00. The quantitative estimate of drug-likeness (QED) is 0.912. The fourth-order valence-corrected chi connectivity index (χ4v) is 2.80. The Kier molecular flexibility index (Phi) is 4.53. The molecule has 0 bridgehead atoms. The van der Waals surface area contributed by atoms with E-state index in [1.165, 1.54) is 12.1 Å². The number of hydrogen-bond donors (Lipinski definition) is 1. The van der Waals surface area contributed by atoms with Crippen LogP contribution in [-0.2, 0) is 0 Å². The van der Waals surface area contributed by atoms with Gasteiger partial charge in [-0.05, 0) is 56.8 Å². The van der Waals surface area contributed by atoms with Crippen LogP contribution in [-0.4, -0.2) is 24.0 Å². The number of nitrogens with zero attached hydrogens (tertiary/aromatic N) is 1. The van der Waals surface area contributed by atoms with Gasteiger partial charge in [-0.15, -0.1) is 0 Å². The first-order valence-corrected chi connectivity index (χ1v) is 6.93. The minimum atomic E-state index is -0.789. The van der Waals surface area contributed by atoms with Gasteiger partial charge in [0.15, 0.2) is 11.6 Å². The van der Waals surface area contributed by atoms with Gasteiger partial charge in [-0.1, -0.05) is 6.07 Å². The number of rotatable bonds is 3. The maximum Gasteiger partial charge on any atom is 0.159 e. The molecular formula is C15H22F2N2. The van der Waals surface area contributed by atoms with E-state index in [9.17, 15) is 8.78 Å². The van der Waals surface area contributed by atoms with Gasteiger partial charge >= 0.3 is 0 Å². The van der Waals surface area contributed by atoms with Gasteiger partial charge in [0.2, 0.25) is 0 Å². The Morgan fingerprint density at radius 2 is 2.00 bits per heavy atom. The number of benzene rings is 1. The molecule has 1 saturated heterocycles. The summed E-state index contributed by atoms with van der Waals surface area (Å²) in [7, 11) is 0. The zero-order chi connectivity index (χ0) is 14.0. The smallest absolute Gasteiger partial charge is 0.159 e. The molecule has 106 valence electrons. The molecule has 0 amide bonds. The van der Waals surface area contributed by atoms with Crippen molar-refractivity contribution >= 4 is 0 Å². The summed E-state index contributed by atoms with van der Waals surface area (Å²) >= 11 is 0. The van der Waals surface area contributed by atoms with Crippen LogP contribution >= 0.6 is 0 Å². The van der Waals surface area contributed by atoms with E-state index in [1.807, 2.05) is 13.8 Å². The third kappa shape index (κ3) is 3.31. The fraction of sp³-hybridized carbons (Fsp3) is 0.600. The molecule has 0 aromatic heterocycles. The molecule has 2 nitrogen and oxygen atoms in total. The van der Waals surface area contributed by atoms with Crippen LogP contribution in [0.2, 0.25) is 0 Å². The molecule has 3 atom stereocenters. The molecule has 0 saturated carbocycles. The van der Waals surface area contributed by atoms with Gasteiger partial charge in [0.05, 0.1) is 0 Å². The third-order valence-corrected chi connectivity index (χ3v) is 4.21. The largest absolute Gasteiger partial charge is 0.328 e. The van der Waals surface area contributed by atoms with Crippen LogP contribution in [0.15, 0.2) is 18.2 Å². The normalized spacial score (nSPS) is 24.2. The van der Waals surface area contributed by atoms with E-state index < -0.39 is 11.6 Å². The minimum absolute atomic E-state index is 0.0941. The van der Waals surface area contributed by atoms with Gasteiger partial charge in [-0.25, -0.2) is 8.78 Å². The molecule has 3 unspecified atom stereocenters. The standard InChI is InChI=1S/C15H22F2N2/c1-10(18)13-4-3-7-19(9-13)11(2)12-5-6-14(16)15(17)8-12/h5-6,8,10-11,13H,3-4,7,9,18H2,1-2H3. The Morgan fingerprint density at radius 3 is 2.63 bits per heavy atom. The lowest BCUT2D eigenvalue weighted by molar-refractivity contribution is 0.121. The average molecular weight is 268 g/mol. The highest BCUT2D eigenvalue weighted by Crippen LogP contribution is 2.28. The van der Waals surface area contributed by atoms with Gasteiger partial charge in [-0.3, -0.25) is 4.90 Å². The van der Waals surface area contributed by atoms with Crippen molar-refractivity contribution in [3.8, 4) is 0 Å². The summed E-state index contributed by atoms with van der Waals surface area (Å²) in [6.07, 6.45) is 2.26. The van der Waals surface area contributed by atoms with E-state index in [4.69, 9.17) is 5.73 Å². The topological polar surface area (TPSA) is 29.3 Å². The Balaban J connectivity index is 2.10. The molecule has 1 aromatic rings. The summed E-state index contributed by atoms with van der Waals surface area (Å²) < 4.78 is 26.3. The van der Waals surface area contributed by atoms with Crippen molar-refractivity contribution in [2.24, 2.45) is 11.7 Å². The Labute approximate surface area is 113 Å². The molecule has 1 fully saturated rings. The predicted molar refractivity (Wildman–Crippen MR) is 72.7 cm³/mol. The molecule has 1 aliphatic rings. The van der Waals surface area contributed by atoms with Crippen molar-refractivity contribution < 1.29 is 8.78 Å². The molecule has 0 radical (unpaired) electrons. The second-order valence-corrected chi connectivity index (χ2v) is 5.61. The zero-order valence-corrected chi connectivity index (χ0v) is 11.6. The SMILES string of the molecule is CC(N)C1CCCN(C(C)c2ccc(F)c(F)c2)C1. The lowest BCUT2D eigenvalue weighted by Crippen LogP contribution is -2.43. The highest BCUT2D eigenvalue weighted by atomic mass is 19.2. The predicted octanol–water partition coefficient (Wildman–Crippen LogP) is 3.09. The third-order valence-electron chi connectivity index (χ3n) is 4.21. The number of nitrogens with two attached hydrogens (primary N) is 1. The molecule has 1 heterocycles. The van der Waals surface area contributed by atoms with Crippen molar-refractivity contribution in [1.29, 1.82) is 0 Å². The van der Waals surface area contributed by atoms with E-state index in [0.717, 1.165) is 31.5 Å². The van der Waals surface area contributed by atoms with E-state index in [-0.39, 0.29) is 12.1 Å². The Bertz CT molecular complexity index is 434. The van der Waals surface area contributed by atoms with Crippen LogP contribution in [0, 0.1) is 17.6 Å². The molecule has 0 aliphatic carbocycles. The van der Waals surface area contributed by atoms with E-state index in [0.29, 0.717) is 5.92 Å². The molecule has 4 heteroatoms. The number of likely N-dealkylation sites (tertiary alicyclic amines) is 1. The van der Waals surface area contributed by atoms with Gasteiger partial charge in [0.25, 0.3) is 0 Å². The monoisotopic (exact) mass is 268 g/mol. The lowest BCUT2D eigenvalue weighted by Gasteiger charge is -2.38. The summed E-state index contributed by atoms with van der Waals surface area (Å²) in [5, 5.41) is 0. The van der Waals surface area contributed by atoms with Crippen LogP contribution in [0.3, 0.4) is 0 Å². The second kappa shape index (κ2) is 5.97. The van der Waals surface area contributed by atoms with Crippen LogP contribution in [0.1, 0.15) is 38.3 Å². The Morgan fingerprint density at radius 1 is 1.26 bits per heavy atom. The highest BCUT2D eigenvalue weighted by Gasteiger charge is 2.26. The van der Waals surface area contributed by atoms with Gasteiger partial charge in [-0.2, -0.15) is 0 Å². The van der Waals surface area contributed by atoms with E-state index >= 15 is 0 Å². The minimum Gasteiger partial charge on any atom is -0.328 e. The summed E-state index contributed by atoms with van der Waals surface area (Å²) in [5.74, 6) is -1.07. The summed E-state index contributed by atoms with van der Waals surface area (Å²) in [4.78, 5) is 2.31. The van der Waals surface area contributed by atoms with Crippen molar-refractivity contribution in [3.63, 3.8) is 0 Å². The summed E-state index contributed by atoms with van der Waals surface area (Å²) in [5.41, 5.74) is 6.80. The van der Waals surface area contributed by atoms with Gasteiger partial charge in [0, 0.05) is 18.6 Å². The highest BCUT2D eigenvalue weighted by molar-refractivity contribution is 5.21. The number of piperidine rings is 1. The second-order valence-electron chi connectivity index (χ2n) is 5.61. The van der Waals surface area contributed by atoms with Crippen LogP contribution < -0.4 is 5.73 Å². The number of halogens is 2. The van der Waals surface area contributed by atoms with Gasteiger partial charge < -0.3 is 5.73 Å². The summed E-state index contributed by atoms with van der Waals surface area (Å²) in [6, 6.07) is 4.44. The fourth-order valence-electron chi connectivity index (χ4n) is 2.80. The van der Waals surface area contributed by atoms with Crippen LogP contribution in [0.4, 0.5) is 8.78 Å². The molecule has 2 N–H and O–H groups in total. The maximum absolute atomic E-state index is 13.3. The molecule has 2 rings (SSSR count). The molecule has 0 spiro atoms. The molecule has 19 heavy (non-hydrogen) atoms.